The van der Waals surface area contributed by atoms with E-state index >= 15 is 0 Å². The molecule has 1 aromatic rings. The Bertz CT molecular complexity index is 342. The van der Waals surface area contributed by atoms with Crippen LogP contribution in [0.15, 0.2) is 30.3 Å². The van der Waals surface area contributed by atoms with Gasteiger partial charge in [0, 0.05) is 0 Å². The van der Waals surface area contributed by atoms with E-state index in [9.17, 15) is 8.42 Å². The van der Waals surface area contributed by atoms with Crippen molar-refractivity contribution in [1.29, 1.82) is 0 Å². The summed E-state index contributed by atoms with van der Waals surface area (Å²) in [5.74, 6) is 0. The molecule has 3 heteroatoms. The maximum Gasteiger partial charge on any atom is 0.150 e. The minimum Gasteiger partial charge on any atom is -0.231 e. The van der Waals surface area contributed by atoms with Crippen LogP contribution in [0.25, 0.3) is 0 Å². The minimum atomic E-state index is -2.31. The zero-order valence-electron chi connectivity index (χ0n) is 6.56. The highest BCUT2D eigenvalue weighted by Gasteiger charge is 2.47. The Balaban J connectivity index is 2.44. The van der Waals surface area contributed by atoms with Gasteiger partial charge in [-0.15, -0.1) is 0 Å². The van der Waals surface area contributed by atoms with Gasteiger partial charge in [-0.2, -0.15) is 0 Å². The van der Waals surface area contributed by atoms with Crippen molar-refractivity contribution in [2.75, 3.05) is 0 Å². The first-order valence-corrected chi connectivity index (χ1v) is 5.13. The molecule has 0 amide bonds. The van der Waals surface area contributed by atoms with Crippen LogP contribution < -0.4 is 0 Å². The summed E-state index contributed by atoms with van der Waals surface area (Å²) in [5.41, 5.74) is 0.945. The summed E-state index contributed by atoms with van der Waals surface area (Å²) in [7, 11) is -2.31. The Morgan fingerprint density at radius 2 is 1.67 bits per heavy atom. The fourth-order valence-corrected chi connectivity index (χ4v) is 2.28. The van der Waals surface area contributed by atoms with Gasteiger partial charge in [-0.25, -0.2) is 8.42 Å². The predicted octanol–water partition coefficient (Wildman–Crippen LogP) is 1.29. The summed E-state index contributed by atoms with van der Waals surface area (Å²) in [6, 6.07) is 9.44. The van der Waals surface area contributed by atoms with E-state index in [4.69, 9.17) is 0 Å². The third-order valence-electron chi connectivity index (χ3n) is 2.38. The molecule has 0 aromatic heterocycles. The summed E-state index contributed by atoms with van der Waals surface area (Å²) in [6.45, 7) is 0. The number of hydrogen-bond donors (Lipinski definition) is 1. The van der Waals surface area contributed by atoms with Crippen LogP contribution in [0, 0.1) is 0 Å². The Hall–Kier alpha value is -0.830. The van der Waals surface area contributed by atoms with Gasteiger partial charge in [-0.1, -0.05) is 30.3 Å². The second kappa shape index (κ2) is 2.59. The van der Waals surface area contributed by atoms with E-state index in [2.05, 4.69) is 0 Å². The number of benzene rings is 1. The van der Waals surface area contributed by atoms with Crippen molar-refractivity contribution in [2.24, 2.45) is 0 Å². The molecule has 0 atom stereocenters. The Kier molecular flexibility index (Phi) is 1.68. The third-order valence-corrected chi connectivity index (χ3v) is 3.79. The molecule has 0 radical (unpaired) electrons. The van der Waals surface area contributed by atoms with Crippen LogP contribution in [0.4, 0.5) is 0 Å². The lowest BCUT2D eigenvalue weighted by molar-refractivity contribution is 0.600. The van der Waals surface area contributed by atoms with Gasteiger partial charge in [-0.3, -0.25) is 0 Å². The van der Waals surface area contributed by atoms with Crippen LogP contribution in [-0.4, -0.2) is 8.42 Å². The van der Waals surface area contributed by atoms with Crippen LogP contribution in [0.3, 0.4) is 0 Å². The van der Waals surface area contributed by atoms with Crippen LogP contribution in [0.2, 0.25) is 0 Å². The molecule has 1 fully saturated rings. The van der Waals surface area contributed by atoms with Crippen LogP contribution >= 0.6 is 0 Å². The molecule has 0 bridgehead atoms. The van der Waals surface area contributed by atoms with E-state index in [1.165, 1.54) is 0 Å². The molecule has 2 rings (SSSR count). The molecule has 1 aliphatic carbocycles. The van der Waals surface area contributed by atoms with Crippen molar-refractivity contribution in [1.82, 2.24) is 0 Å². The highest BCUT2D eigenvalue weighted by molar-refractivity contribution is 7.74. The molecule has 1 saturated carbocycles. The van der Waals surface area contributed by atoms with Gasteiger partial charge in [-0.05, 0) is 18.4 Å². The van der Waals surface area contributed by atoms with Gasteiger partial charge in [0.2, 0.25) is 0 Å². The molecule has 0 aliphatic heterocycles. The number of rotatable bonds is 2. The van der Waals surface area contributed by atoms with E-state index in [1.807, 2.05) is 30.3 Å². The van der Waals surface area contributed by atoms with E-state index in [1.54, 1.807) is 0 Å². The molecule has 0 spiro atoms. The summed E-state index contributed by atoms with van der Waals surface area (Å²) in [4.78, 5) is 0. The molecule has 12 heavy (non-hydrogen) atoms. The highest BCUT2D eigenvalue weighted by atomic mass is 32.2. The Labute approximate surface area is 73.2 Å². The quantitative estimate of drug-likeness (QED) is 0.699. The van der Waals surface area contributed by atoms with Crippen LogP contribution in [0.1, 0.15) is 18.4 Å². The zero-order valence-corrected chi connectivity index (χ0v) is 7.46. The molecule has 0 saturated heterocycles. The lowest BCUT2D eigenvalue weighted by Crippen LogP contribution is -2.07. The summed E-state index contributed by atoms with van der Waals surface area (Å²) >= 11 is 0. The molecular weight excluding hydrogens is 172 g/mol. The van der Waals surface area contributed by atoms with Crippen molar-refractivity contribution >= 4 is 10.7 Å². The SMILES string of the molecule is O=[SH](=O)C1(c2ccccc2)CC1. The topological polar surface area (TPSA) is 34.1 Å². The second-order valence-corrected chi connectivity index (χ2v) is 4.53. The normalized spacial score (nSPS) is 19.4. The van der Waals surface area contributed by atoms with Gasteiger partial charge < -0.3 is 0 Å². The Morgan fingerprint density at radius 3 is 2.08 bits per heavy atom. The fourth-order valence-electron chi connectivity index (χ4n) is 1.44. The Morgan fingerprint density at radius 1 is 1.08 bits per heavy atom. The zero-order chi connectivity index (χ0) is 8.60. The van der Waals surface area contributed by atoms with Crippen molar-refractivity contribution in [3.05, 3.63) is 35.9 Å². The molecule has 1 aliphatic rings. The largest absolute Gasteiger partial charge is 0.231 e. The van der Waals surface area contributed by atoms with Gasteiger partial charge in [0.1, 0.15) is 10.7 Å². The second-order valence-electron chi connectivity index (χ2n) is 3.15. The lowest BCUT2D eigenvalue weighted by Gasteiger charge is -2.05. The van der Waals surface area contributed by atoms with Gasteiger partial charge in [0.05, 0.1) is 4.75 Å². The first kappa shape index (κ1) is 7.80. The smallest absolute Gasteiger partial charge is 0.150 e. The molecule has 1 aromatic carbocycles. The van der Waals surface area contributed by atoms with E-state index in [0.717, 1.165) is 18.4 Å². The summed E-state index contributed by atoms with van der Waals surface area (Å²) < 4.78 is 21.3. The van der Waals surface area contributed by atoms with E-state index < -0.39 is 15.5 Å². The molecule has 64 valence electrons. The average molecular weight is 182 g/mol. The first-order valence-electron chi connectivity index (χ1n) is 3.96. The number of thiol groups is 1. The molecular formula is C9H10O2S. The molecule has 2 nitrogen and oxygen atoms in total. The average Bonchev–Trinajstić information content (AvgIpc) is 2.86. The first-order chi connectivity index (χ1) is 5.76. The lowest BCUT2D eigenvalue weighted by atomic mass is 10.1. The van der Waals surface area contributed by atoms with E-state index in [0.29, 0.717) is 0 Å². The van der Waals surface area contributed by atoms with Crippen molar-refractivity contribution in [3.8, 4) is 0 Å². The standard InChI is InChI=1S/C9H10O2S/c10-12(11)9(6-7-9)8-4-2-1-3-5-8/h1-5,12H,6-7H2. The molecule has 0 unspecified atom stereocenters. The van der Waals surface area contributed by atoms with Crippen molar-refractivity contribution in [2.45, 2.75) is 17.6 Å². The van der Waals surface area contributed by atoms with Gasteiger partial charge in [0.15, 0.2) is 0 Å². The fraction of sp³-hybridized carbons (Fsp3) is 0.333. The predicted molar refractivity (Wildman–Crippen MR) is 47.7 cm³/mol. The number of hydrogen-bond acceptors (Lipinski definition) is 2. The monoisotopic (exact) mass is 182 g/mol. The van der Waals surface area contributed by atoms with Crippen LogP contribution in [-0.2, 0) is 15.5 Å². The minimum absolute atomic E-state index is 0.503. The van der Waals surface area contributed by atoms with Gasteiger partial charge >= 0.3 is 0 Å². The van der Waals surface area contributed by atoms with Crippen LogP contribution in [0.5, 0.6) is 0 Å². The molecule has 0 heterocycles. The van der Waals surface area contributed by atoms with Gasteiger partial charge in [0.25, 0.3) is 0 Å². The third kappa shape index (κ3) is 1.05. The highest BCUT2D eigenvalue weighted by Crippen LogP contribution is 2.48. The van der Waals surface area contributed by atoms with Crippen molar-refractivity contribution < 1.29 is 8.42 Å². The maximum absolute atomic E-state index is 10.9. The maximum atomic E-state index is 10.9. The van der Waals surface area contributed by atoms with E-state index in [-0.39, 0.29) is 0 Å². The summed E-state index contributed by atoms with van der Waals surface area (Å²) in [5, 5.41) is 0. The molecule has 0 N–H and O–H groups in total. The summed E-state index contributed by atoms with van der Waals surface area (Å²) in [6.07, 6.45) is 1.57. The van der Waals surface area contributed by atoms with Crippen molar-refractivity contribution in [3.63, 3.8) is 0 Å².